The number of thioether (sulfide) groups is 1. The number of hydrogen-bond acceptors (Lipinski definition) is 5. The van der Waals surface area contributed by atoms with Crippen LogP contribution in [0.3, 0.4) is 0 Å². The second kappa shape index (κ2) is 16.7. The van der Waals surface area contributed by atoms with Crippen molar-refractivity contribution < 1.29 is 71.2 Å². The Labute approximate surface area is 349 Å². The molecule has 1 aromatic heterocycles. The number of benzene rings is 4. The molecule has 6 nitrogen and oxygen atoms in total. The zero-order valence-electron chi connectivity index (χ0n) is 55.7. The number of pyridine rings is 1. The number of para-hydroxylation sites is 1. The summed E-state index contributed by atoms with van der Waals surface area (Å²) in [5.74, 6) is -7.97. The topological polar surface area (TPSA) is 54.8 Å². The zero-order chi connectivity index (χ0) is 63.1. The van der Waals surface area contributed by atoms with Gasteiger partial charge in [0.25, 0.3) is 0 Å². The molecule has 0 N–H and O–H groups in total. The van der Waals surface area contributed by atoms with Gasteiger partial charge in [-0.3, -0.25) is 9.59 Å². The SMILES string of the molecule is [2H]c1c([2H])c(F)c(F)c(CSc2c([2H])c(=O)c3c([2H])c([2H])c([2H])c([2H])c3n2C([2H])([2H])C(=O)N(Cc2c([2H])c([2H])c(-c3c([2H])c([2H])c(C(F)(F)F)c([2H])c3[2H])c([2H])c2C)C2([2H])C([2H])([2H])C([2H])([2H])N(CCOC([2H])([2H])[2H])C([2H])([2H])C2([2H])[2H])c1[2H]. The lowest BCUT2D eigenvalue weighted by Gasteiger charge is -2.39. The van der Waals surface area contributed by atoms with Crippen LogP contribution in [0.4, 0.5) is 22.0 Å². The molecule has 6 rings (SSSR count). The van der Waals surface area contributed by atoms with Crippen LogP contribution in [0, 0.1) is 18.6 Å². The van der Waals surface area contributed by atoms with E-state index in [0.29, 0.717) is 0 Å². The van der Waals surface area contributed by atoms with E-state index >= 15 is 9.18 Å². The number of halogens is 5. The molecule has 4 aromatic carbocycles. The number of alkyl halides is 3. The Balaban J connectivity index is 1.77. The lowest BCUT2D eigenvalue weighted by atomic mass is 9.97. The molecular formula is C41H40F5N3O3S. The first-order valence-electron chi connectivity index (χ1n) is 29.2. The standard InChI is InChI=1S/C41H40F5N3O3S/c1-27-22-29(28-12-14-32(15-13-28)41(44,45)46)10-11-30(27)24-48(33-16-18-47(19-17-33)20-21-52-2)38(51)25-49-36-9-4-3-7-34(36)37(50)23-39(49)53-26-31-6-5-8-35(42)40(31)43/h3-15,22-23,33H,16-21,24-26H2,1-2H3/i2D3,3D,4D,5D,6D,7D,8D,9D,10D,11D,12D,13D,14D,15D,16D2,17D2,18D2,19D2,22D,23D,25D2,33D. The molecule has 0 spiro atoms. The van der Waals surface area contributed by atoms with Crippen LogP contribution in [0.5, 0.6) is 0 Å². The number of nitrogens with zero attached hydrogens (tertiary/aromatic N) is 3. The van der Waals surface area contributed by atoms with Gasteiger partial charge in [0.05, 0.1) is 51.5 Å². The Morgan fingerprint density at radius 1 is 1.02 bits per heavy atom. The molecule has 2 heterocycles. The predicted molar refractivity (Wildman–Crippen MR) is 198 cm³/mol. The van der Waals surface area contributed by atoms with E-state index in [9.17, 15) is 32.0 Å². The van der Waals surface area contributed by atoms with Gasteiger partial charge in [0, 0.05) is 72.9 Å². The number of ether oxygens (including phenoxy) is 1. The quantitative estimate of drug-likeness (QED) is 0.0938. The van der Waals surface area contributed by atoms with Crippen LogP contribution in [0.1, 0.15) is 74.8 Å². The number of rotatable bonds is 12. The number of aromatic nitrogens is 1. The Kier molecular flexibility index (Phi) is 5.05. The van der Waals surface area contributed by atoms with Crippen LogP contribution >= 0.6 is 11.8 Å². The average Bonchev–Trinajstić information content (AvgIpc) is 3.46. The Morgan fingerprint density at radius 2 is 1.75 bits per heavy atom. The van der Waals surface area contributed by atoms with E-state index in [1.807, 2.05) is 0 Å². The molecule has 1 fully saturated rings. The average molecular weight is 779 g/mol. The second-order valence-electron chi connectivity index (χ2n) is 10.5. The van der Waals surface area contributed by atoms with Crippen molar-refractivity contribution in [2.75, 3.05) is 33.2 Å². The number of amides is 1. The van der Waals surface area contributed by atoms with Crippen LogP contribution < -0.4 is 5.43 Å². The molecule has 0 radical (unpaired) electrons. The fraction of sp³-hybridized carbons (Fsp3) is 0.317. The normalized spacial score (nSPS) is 26.9. The maximum atomic E-state index is 15.9. The minimum atomic E-state index is -5.52. The molecule has 0 saturated carbocycles. The Bertz CT molecular complexity index is 3480. The Hall–Kier alpha value is -4.52. The summed E-state index contributed by atoms with van der Waals surface area (Å²) in [6.07, 6.45) is -14.7. The molecule has 53 heavy (non-hydrogen) atoms. The lowest BCUT2D eigenvalue weighted by Crippen LogP contribution is -2.48. The fourth-order valence-corrected chi connectivity index (χ4v) is 5.36. The van der Waals surface area contributed by atoms with E-state index in [-0.39, 0.29) is 21.2 Å². The van der Waals surface area contributed by atoms with E-state index < -0.39 is 245 Å². The van der Waals surface area contributed by atoms with Crippen molar-refractivity contribution in [3.8, 4) is 11.1 Å². The van der Waals surface area contributed by atoms with Crippen molar-refractivity contribution in [2.45, 2.75) is 55.7 Å². The van der Waals surface area contributed by atoms with E-state index in [0.717, 1.165) is 6.92 Å². The van der Waals surface area contributed by atoms with Crippen molar-refractivity contribution in [3.63, 3.8) is 0 Å². The molecule has 278 valence electrons. The molecule has 12 heteroatoms. The summed E-state index contributed by atoms with van der Waals surface area (Å²) in [5, 5.41) is -2.68. The zero-order valence-corrected chi connectivity index (χ0v) is 27.5. The first-order valence-corrected chi connectivity index (χ1v) is 15.7. The predicted octanol–water partition coefficient (Wildman–Crippen LogP) is 8.71. The summed E-state index contributed by atoms with van der Waals surface area (Å²) < 4.78 is 328. The summed E-state index contributed by atoms with van der Waals surface area (Å²) in [5.41, 5.74) is -10.7. The number of hydrogen-bond donors (Lipinski definition) is 0. The van der Waals surface area contributed by atoms with E-state index in [2.05, 4.69) is 4.74 Å². The highest BCUT2D eigenvalue weighted by molar-refractivity contribution is 7.98. The van der Waals surface area contributed by atoms with Crippen LogP contribution in [-0.2, 0) is 34.5 Å². The highest BCUT2D eigenvalue weighted by Gasteiger charge is 2.31. The number of piperidine rings is 1. The van der Waals surface area contributed by atoms with Crippen molar-refractivity contribution in [2.24, 2.45) is 0 Å². The maximum absolute atomic E-state index is 15.9. The van der Waals surface area contributed by atoms with Gasteiger partial charge in [-0.25, -0.2) is 8.78 Å². The summed E-state index contributed by atoms with van der Waals surface area (Å²) in [6.45, 7) is -16.9. The van der Waals surface area contributed by atoms with Gasteiger partial charge < -0.3 is 19.1 Å². The van der Waals surface area contributed by atoms with Gasteiger partial charge in [-0.15, -0.1) is 11.8 Å². The number of carbonyl (C=O) groups is 1. The molecule has 1 aliphatic heterocycles. The second-order valence-corrected chi connectivity index (χ2v) is 11.5. The molecule has 1 aliphatic rings. The summed E-state index contributed by atoms with van der Waals surface area (Å²) in [6, 6.07) is -26.2. The molecule has 0 atom stereocenters. The minimum Gasteiger partial charge on any atom is -0.383 e. The Morgan fingerprint density at radius 3 is 2.49 bits per heavy atom. The highest BCUT2D eigenvalue weighted by Crippen LogP contribution is 2.32. The third-order valence-electron chi connectivity index (χ3n) is 7.07. The highest BCUT2D eigenvalue weighted by atomic mass is 32.2. The molecule has 5 aromatic rings. The first kappa shape index (κ1) is 16.1. The number of carbonyl (C=O) groups excluding carboxylic acids is 1. The van der Waals surface area contributed by atoms with Crippen LogP contribution in [0.2, 0.25) is 0 Å². The van der Waals surface area contributed by atoms with Crippen molar-refractivity contribution in [1.82, 2.24) is 14.4 Å². The van der Waals surface area contributed by atoms with Crippen molar-refractivity contribution in [1.29, 1.82) is 0 Å². The summed E-state index contributed by atoms with van der Waals surface area (Å²) >= 11 is -0.182. The van der Waals surface area contributed by atoms with Gasteiger partial charge in [0.15, 0.2) is 17.1 Å². The van der Waals surface area contributed by atoms with Crippen LogP contribution in [-0.4, -0.2) is 59.5 Å². The minimum absolute atomic E-state index is 0.182. The summed E-state index contributed by atoms with van der Waals surface area (Å²) in [7, 11) is -3.30. The van der Waals surface area contributed by atoms with Gasteiger partial charge in [-0.1, -0.05) is 54.4 Å². The van der Waals surface area contributed by atoms with Crippen LogP contribution in [0.25, 0.3) is 22.0 Å². The van der Waals surface area contributed by atoms with E-state index in [1.54, 1.807) is 0 Å². The summed E-state index contributed by atoms with van der Waals surface area (Å²) in [4.78, 5) is 29.1. The molecule has 1 saturated heterocycles. The lowest BCUT2D eigenvalue weighted by molar-refractivity contribution is -0.137. The fourth-order valence-electron chi connectivity index (χ4n) is 4.44. The third kappa shape index (κ3) is 9.00. The third-order valence-corrected chi connectivity index (χ3v) is 8.07. The van der Waals surface area contributed by atoms with Gasteiger partial charge in [-0.2, -0.15) is 13.2 Å². The number of fused-ring (bicyclic) bond motifs is 1. The van der Waals surface area contributed by atoms with Gasteiger partial charge in [0.2, 0.25) is 5.91 Å². The first-order chi connectivity index (χ1) is 37.0. The van der Waals surface area contributed by atoms with E-state index in [4.69, 9.17) is 30.2 Å². The number of methoxy groups -OCH3 is 1. The largest absolute Gasteiger partial charge is 0.416 e. The van der Waals surface area contributed by atoms with E-state index in [1.165, 1.54) is 0 Å². The van der Waals surface area contributed by atoms with Gasteiger partial charge in [0.1, 0.15) is 6.50 Å². The van der Waals surface area contributed by atoms with Gasteiger partial charge >= 0.3 is 6.18 Å². The number of likely N-dealkylation sites (tertiary alicyclic amines) is 1. The van der Waals surface area contributed by atoms with Crippen LogP contribution in [0.15, 0.2) is 100 Å². The molecular weight excluding hydrogens is 710 g/mol. The monoisotopic (exact) mass is 778 g/mol. The smallest absolute Gasteiger partial charge is 0.383 e. The molecule has 0 bridgehead atoms. The van der Waals surface area contributed by atoms with Crippen molar-refractivity contribution >= 4 is 28.6 Å². The van der Waals surface area contributed by atoms with Crippen molar-refractivity contribution in [3.05, 3.63) is 135 Å². The molecule has 0 aliphatic carbocycles. The molecule has 0 unspecified atom stereocenters. The maximum Gasteiger partial charge on any atom is 0.416 e. The molecule has 1 amide bonds. The van der Waals surface area contributed by atoms with Gasteiger partial charge in [-0.05, 0) is 72.1 Å².